The lowest BCUT2D eigenvalue weighted by Gasteiger charge is -2.12. The SMILES string of the molecule is Cc1cccc(COc2c(Cl)cc(/C=C3/NC(=O)N(Cc4ccc(F)cc4)C3=O)cc2Cl)c1. The second-order valence-electron chi connectivity index (χ2n) is 7.60. The van der Waals surface area contributed by atoms with Crippen LogP contribution in [0.25, 0.3) is 6.08 Å². The molecule has 168 valence electrons. The van der Waals surface area contributed by atoms with Crippen LogP contribution in [0.1, 0.15) is 22.3 Å². The lowest BCUT2D eigenvalue weighted by Crippen LogP contribution is -2.30. The van der Waals surface area contributed by atoms with Gasteiger partial charge in [0.25, 0.3) is 5.91 Å². The molecule has 1 saturated heterocycles. The van der Waals surface area contributed by atoms with Crippen LogP contribution in [0.4, 0.5) is 9.18 Å². The van der Waals surface area contributed by atoms with E-state index in [2.05, 4.69) is 5.32 Å². The summed E-state index contributed by atoms with van der Waals surface area (Å²) in [5.41, 5.74) is 3.34. The summed E-state index contributed by atoms with van der Waals surface area (Å²) in [6.45, 7) is 2.32. The average Bonchev–Trinajstić information content (AvgIpc) is 3.02. The average molecular weight is 485 g/mol. The number of rotatable bonds is 6. The van der Waals surface area contributed by atoms with Crippen molar-refractivity contribution in [1.29, 1.82) is 0 Å². The molecule has 1 fully saturated rings. The molecule has 0 aromatic heterocycles. The van der Waals surface area contributed by atoms with E-state index in [0.29, 0.717) is 23.5 Å². The fraction of sp³-hybridized carbons (Fsp3) is 0.120. The fourth-order valence-electron chi connectivity index (χ4n) is 3.41. The molecule has 3 aromatic carbocycles. The van der Waals surface area contributed by atoms with Gasteiger partial charge in [-0.05, 0) is 54.0 Å². The zero-order chi connectivity index (χ0) is 23.5. The van der Waals surface area contributed by atoms with Crippen molar-refractivity contribution >= 4 is 41.2 Å². The van der Waals surface area contributed by atoms with Crippen LogP contribution in [0, 0.1) is 12.7 Å². The van der Waals surface area contributed by atoms with Gasteiger partial charge in [-0.15, -0.1) is 0 Å². The van der Waals surface area contributed by atoms with Crippen LogP contribution in [-0.2, 0) is 17.9 Å². The van der Waals surface area contributed by atoms with Crippen LogP contribution in [0.5, 0.6) is 5.75 Å². The molecule has 0 spiro atoms. The van der Waals surface area contributed by atoms with Gasteiger partial charge < -0.3 is 10.1 Å². The standard InChI is InChI=1S/C25H19Cl2FN2O3/c1-15-3-2-4-17(9-15)14-33-23-20(26)10-18(11-21(23)27)12-22-24(31)30(25(32)29-22)13-16-5-7-19(28)8-6-16/h2-12H,13-14H2,1H3,(H,29,32)/b22-12+. The molecule has 1 heterocycles. The molecule has 1 aliphatic heterocycles. The van der Waals surface area contributed by atoms with Crippen molar-refractivity contribution in [3.8, 4) is 5.75 Å². The first-order chi connectivity index (χ1) is 15.8. The Morgan fingerprint density at radius 3 is 2.36 bits per heavy atom. The van der Waals surface area contributed by atoms with E-state index in [1.165, 1.54) is 30.3 Å². The molecule has 0 radical (unpaired) electrons. The molecule has 5 nitrogen and oxygen atoms in total. The van der Waals surface area contributed by atoms with Gasteiger partial charge in [0.05, 0.1) is 16.6 Å². The van der Waals surface area contributed by atoms with Crippen LogP contribution in [-0.4, -0.2) is 16.8 Å². The van der Waals surface area contributed by atoms with Crippen molar-refractivity contribution in [3.05, 3.63) is 104 Å². The predicted molar refractivity (Wildman–Crippen MR) is 125 cm³/mol. The maximum Gasteiger partial charge on any atom is 0.329 e. The normalized spacial score (nSPS) is 14.7. The van der Waals surface area contributed by atoms with E-state index < -0.39 is 17.8 Å². The van der Waals surface area contributed by atoms with Crippen LogP contribution in [0.3, 0.4) is 0 Å². The molecule has 0 unspecified atom stereocenters. The third-order valence-corrected chi connectivity index (χ3v) is 5.58. The Morgan fingerprint density at radius 2 is 1.70 bits per heavy atom. The Labute approximate surface area is 200 Å². The number of nitrogens with one attached hydrogen (secondary N) is 1. The van der Waals surface area contributed by atoms with Gasteiger partial charge in [0.15, 0.2) is 5.75 Å². The summed E-state index contributed by atoms with van der Waals surface area (Å²) >= 11 is 12.8. The highest BCUT2D eigenvalue weighted by Gasteiger charge is 2.33. The van der Waals surface area contributed by atoms with Gasteiger partial charge in [0.2, 0.25) is 0 Å². The van der Waals surface area contributed by atoms with Crippen molar-refractivity contribution in [3.63, 3.8) is 0 Å². The molecule has 3 aromatic rings. The topological polar surface area (TPSA) is 58.6 Å². The van der Waals surface area contributed by atoms with Gasteiger partial charge in [-0.3, -0.25) is 9.69 Å². The zero-order valence-electron chi connectivity index (χ0n) is 17.6. The Kier molecular flexibility index (Phi) is 6.67. The molecule has 0 saturated carbocycles. The van der Waals surface area contributed by atoms with E-state index in [4.69, 9.17) is 27.9 Å². The van der Waals surface area contributed by atoms with Gasteiger partial charge in [0.1, 0.15) is 18.1 Å². The number of hydrogen-bond acceptors (Lipinski definition) is 3. The summed E-state index contributed by atoms with van der Waals surface area (Å²) in [6, 6.07) is 16.1. The second kappa shape index (κ2) is 9.65. The number of halogens is 3. The maximum absolute atomic E-state index is 13.1. The van der Waals surface area contributed by atoms with Crippen LogP contribution in [0.2, 0.25) is 10.0 Å². The van der Waals surface area contributed by atoms with Gasteiger partial charge in [-0.25, -0.2) is 9.18 Å². The van der Waals surface area contributed by atoms with Gasteiger partial charge >= 0.3 is 6.03 Å². The first kappa shape index (κ1) is 22.8. The largest absolute Gasteiger partial charge is 0.486 e. The van der Waals surface area contributed by atoms with Crippen molar-refractivity contribution in [1.82, 2.24) is 10.2 Å². The van der Waals surface area contributed by atoms with Crippen molar-refractivity contribution in [2.24, 2.45) is 0 Å². The highest BCUT2D eigenvalue weighted by Crippen LogP contribution is 2.35. The molecular weight excluding hydrogens is 466 g/mol. The van der Waals surface area contributed by atoms with Crippen molar-refractivity contribution < 1.29 is 18.7 Å². The van der Waals surface area contributed by atoms with Gasteiger partial charge in [-0.1, -0.05) is 65.2 Å². The molecular formula is C25H19Cl2FN2O3. The summed E-state index contributed by atoms with van der Waals surface area (Å²) in [5.74, 6) is -0.561. The molecule has 1 aliphatic rings. The number of carbonyl (C=O) groups is 2. The summed E-state index contributed by atoms with van der Waals surface area (Å²) in [4.78, 5) is 26.1. The van der Waals surface area contributed by atoms with E-state index >= 15 is 0 Å². The first-order valence-electron chi connectivity index (χ1n) is 10.1. The smallest absolute Gasteiger partial charge is 0.329 e. The molecule has 1 N–H and O–H groups in total. The summed E-state index contributed by atoms with van der Waals surface area (Å²) in [6.07, 6.45) is 1.49. The zero-order valence-corrected chi connectivity index (χ0v) is 19.1. The maximum atomic E-state index is 13.1. The van der Waals surface area contributed by atoms with Gasteiger partial charge in [0, 0.05) is 0 Å². The fourth-order valence-corrected chi connectivity index (χ4v) is 4.03. The number of benzene rings is 3. The number of urea groups is 1. The van der Waals surface area contributed by atoms with E-state index in [1.807, 2.05) is 31.2 Å². The Morgan fingerprint density at radius 1 is 1.00 bits per heavy atom. The van der Waals surface area contributed by atoms with E-state index in [1.54, 1.807) is 12.1 Å². The number of ether oxygens (including phenoxy) is 1. The summed E-state index contributed by atoms with van der Waals surface area (Å²) in [7, 11) is 0. The number of nitrogens with zero attached hydrogens (tertiary/aromatic N) is 1. The van der Waals surface area contributed by atoms with Crippen molar-refractivity contribution in [2.75, 3.05) is 0 Å². The third-order valence-electron chi connectivity index (χ3n) is 5.01. The molecule has 0 atom stereocenters. The quantitative estimate of drug-likeness (QED) is 0.339. The van der Waals surface area contributed by atoms with E-state index in [9.17, 15) is 14.0 Å². The second-order valence-corrected chi connectivity index (χ2v) is 8.41. The summed E-state index contributed by atoms with van der Waals surface area (Å²) in [5, 5.41) is 3.11. The predicted octanol–water partition coefficient (Wildman–Crippen LogP) is 6.11. The Bertz CT molecular complexity index is 1240. The molecule has 33 heavy (non-hydrogen) atoms. The first-order valence-corrected chi connectivity index (χ1v) is 10.8. The highest BCUT2D eigenvalue weighted by atomic mass is 35.5. The van der Waals surface area contributed by atoms with Crippen LogP contribution < -0.4 is 10.1 Å². The molecule has 0 aliphatic carbocycles. The van der Waals surface area contributed by atoms with Crippen LogP contribution in [0.15, 0.2) is 66.4 Å². The summed E-state index contributed by atoms with van der Waals surface area (Å²) < 4.78 is 18.9. The Balaban J connectivity index is 1.49. The monoisotopic (exact) mass is 484 g/mol. The number of aryl methyl sites for hydroxylation is 1. The van der Waals surface area contributed by atoms with Gasteiger partial charge in [-0.2, -0.15) is 0 Å². The number of carbonyl (C=O) groups excluding carboxylic acids is 2. The number of hydrogen-bond donors (Lipinski definition) is 1. The van der Waals surface area contributed by atoms with Crippen molar-refractivity contribution in [2.45, 2.75) is 20.1 Å². The third kappa shape index (κ3) is 5.35. The van der Waals surface area contributed by atoms with E-state index in [-0.39, 0.29) is 22.3 Å². The minimum absolute atomic E-state index is 0.0234. The van der Waals surface area contributed by atoms with Crippen LogP contribution >= 0.6 is 23.2 Å². The minimum Gasteiger partial charge on any atom is -0.486 e. The number of amides is 3. The molecule has 0 bridgehead atoms. The highest BCUT2D eigenvalue weighted by molar-refractivity contribution is 6.37. The van der Waals surface area contributed by atoms with E-state index in [0.717, 1.165) is 16.0 Å². The number of imide groups is 1. The lowest BCUT2D eigenvalue weighted by molar-refractivity contribution is -0.123. The lowest BCUT2D eigenvalue weighted by atomic mass is 10.1. The molecule has 8 heteroatoms. The minimum atomic E-state index is -0.564. The molecule has 4 rings (SSSR count). The Hall–Kier alpha value is -3.35. The molecule has 3 amide bonds.